The van der Waals surface area contributed by atoms with Crippen molar-refractivity contribution in [2.24, 2.45) is 0 Å². The third-order valence-corrected chi connectivity index (χ3v) is 4.40. The van der Waals surface area contributed by atoms with E-state index >= 15 is 0 Å². The number of carbonyl (C=O) groups is 2. The summed E-state index contributed by atoms with van der Waals surface area (Å²) in [7, 11) is 3.07. The van der Waals surface area contributed by atoms with E-state index in [1.54, 1.807) is 24.1 Å². The highest BCUT2D eigenvalue weighted by molar-refractivity contribution is 5.94. The molecule has 1 amide bonds. The van der Waals surface area contributed by atoms with E-state index in [-0.39, 0.29) is 12.3 Å². The largest absolute Gasteiger partial charge is 0.493 e. The lowest BCUT2D eigenvalue weighted by atomic mass is 9.89. The van der Waals surface area contributed by atoms with Crippen molar-refractivity contribution in [2.75, 3.05) is 20.8 Å². The monoisotopic (exact) mass is 345 g/mol. The molecule has 0 fully saturated rings. The Kier molecular flexibility index (Phi) is 4.65. The van der Waals surface area contributed by atoms with Gasteiger partial charge in [-0.15, -0.1) is 0 Å². The molecule has 0 radical (unpaired) electrons. The lowest BCUT2D eigenvalue weighted by molar-refractivity contribution is -0.138. The van der Waals surface area contributed by atoms with Crippen LogP contribution in [0.3, 0.4) is 0 Å². The second kappa shape index (κ2) is 6.88. The summed E-state index contributed by atoms with van der Waals surface area (Å²) in [4.78, 5) is 25.7. The average Bonchev–Trinajstić information content (AvgIpc) is 3.14. The van der Waals surface area contributed by atoms with E-state index in [0.717, 1.165) is 11.1 Å². The van der Waals surface area contributed by atoms with Gasteiger partial charge in [0.05, 0.1) is 38.5 Å². The van der Waals surface area contributed by atoms with Gasteiger partial charge < -0.3 is 23.9 Å². The van der Waals surface area contributed by atoms with Crippen LogP contribution in [0.4, 0.5) is 0 Å². The number of rotatable bonds is 5. The summed E-state index contributed by atoms with van der Waals surface area (Å²) in [6.45, 7) is 0.421. The third-order valence-electron chi connectivity index (χ3n) is 4.40. The van der Waals surface area contributed by atoms with Gasteiger partial charge in [-0.3, -0.25) is 9.59 Å². The van der Waals surface area contributed by atoms with Gasteiger partial charge in [0.15, 0.2) is 11.5 Å². The number of hydrogen-bond acceptors (Lipinski definition) is 5. The Morgan fingerprint density at radius 3 is 2.60 bits per heavy atom. The van der Waals surface area contributed by atoms with Crippen LogP contribution >= 0.6 is 0 Å². The first kappa shape index (κ1) is 16.9. The fourth-order valence-corrected chi connectivity index (χ4v) is 3.21. The molecule has 25 heavy (non-hydrogen) atoms. The van der Waals surface area contributed by atoms with E-state index in [1.165, 1.54) is 19.6 Å². The molecule has 1 aliphatic rings. The van der Waals surface area contributed by atoms with E-state index in [2.05, 4.69) is 0 Å². The maximum absolute atomic E-state index is 12.8. The Hall–Kier alpha value is -2.96. The Morgan fingerprint density at radius 2 is 2.00 bits per heavy atom. The van der Waals surface area contributed by atoms with E-state index in [9.17, 15) is 14.7 Å². The first-order valence-corrected chi connectivity index (χ1v) is 7.85. The van der Waals surface area contributed by atoms with Crippen LogP contribution in [0, 0.1) is 0 Å². The molecule has 1 atom stereocenters. The van der Waals surface area contributed by atoms with Crippen molar-refractivity contribution in [1.29, 1.82) is 0 Å². The van der Waals surface area contributed by atoms with Crippen molar-refractivity contribution >= 4 is 11.9 Å². The lowest BCUT2D eigenvalue weighted by Crippen LogP contribution is -2.41. The van der Waals surface area contributed by atoms with Crippen LogP contribution in [0.1, 0.15) is 33.9 Å². The molecule has 1 aromatic heterocycles. The predicted molar refractivity (Wildman–Crippen MR) is 88.0 cm³/mol. The van der Waals surface area contributed by atoms with Crippen LogP contribution in [0.15, 0.2) is 35.1 Å². The van der Waals surface area contributed by atoms with Crippen LogP contribution in [0.5, 0.6) is 11.5 Å². The molecule has 1 N–H and O–H groups in total. The molecule has 0 bridgehead atoms. The maximum atomic E-state index is 12.8. The lowest BCUT2D eigenvalue weighted by Gasteiger charge is -2.37. The summed E-state index contributed by atoms with van der Waals surface area (Å²) >= 11 is 0. The van der Waals surface area contributed by atoms with Gasteiger partial charge >= 0.3 is 5.97 Å². The van der Waals surface area contributed by atoms with Crippen LogP contribution in [-0.2, 0) is 11.2 Å². The molecule has 0 spiro atoms. The molecule has 0 unspecified atom stereocenters. The fraction of sp³-hybridized carbons (Fsp3) is 0.333. The fourth-order valence-electron chi connectivity index (χ4n) is 3.21. The number of fused-ring (bicyclic) bond motifs is 1. The van der Waals surface area contributed by atoms with Crippen molar-refractivity contribution in [3.8, 4) is 11.5 Å². The van der Waals surface area contributed by atoms with Crippen LogP contribution in [-0.4, -0.2) is 42.6 Å². The number of carboxylic acids is 1. The highest BCUT2D eigenvalue weighted by Crippen LogP contribution is 2.40. The maximum Gasteiger partial charge on any atom is 0.305 e. The van der Waals surface area contributed by atoms with Crippen molar-refractivity contribution in [3.63, 3.8) is 0 Å². The highest BCUT2D eigenvalue weighted by Gasteiger charge is 2.34. The number of carbonyl (C=O) groups excluding carboxylic acids is 1. The molecule has 2 heterocycles. The number of benzene rings is 1. The molecular formula is C18H19NO6. The summed E-state index contributed by atoms with van der Waals surface area (Å²) in [5.74, 6) is -0.128. The van der Waals surface area contributed by atoms with Gasteiger partial charge in [-0.25, -0.2) is 0 Å². The van der Waals surface area contributed by atoms with Gasteiger partial charge in [0.25, 0.3) is 5.91 Å². The summed E-state index contributed by atoms with van der Waals surface area (Å²) in [6, 6.07) is 4.60. The van der Waals surface area contributed by atoms with Gasteiger partial charge in [0.1, 0.15) is 6.26 Å². The van der Waals surface area contributed by atoms with E-state index in [4.69, 9.17) is 13.9 Å². The van der Waals surface area contributed by atoms with Gasteiger partial charge in [-0.1, -0.05) is 0 Å². The molecule has 0 saturated carbocycles. The third kappa shape index (κ3) is 3.17. The molecule has 0 saturated heterocycles. The summed E-state index contributed by atoms with van der Waals surface area (Å²) in [5.41, 5.74) is 2.13. The summed E-state index contributed by atoms with van der Waals surface area (Å²) in [5, 5.41) is 9.34. The molecule has 1 aliphatic heterocycles. The number of hydrogen-bond donors (Lipinski definition) is 1. The molecule has 132 valence electrons. The Morgan fingerprint density at radius 1 is 1.28 bits per heavy atom. The van der Waals surface area contributed by atoms with Crippen LogP contribution in [0.2, 0.25) is 0 Å². The van der Waals surface area contributed by atoms with Crippen LogP contribution in [0.25, 0.3) is 0 Å². The predicted octanol–water partition coefficient (Wildman–Crippen LogP) is 2.51. The number of ether oxygens (including phenoxy) is 2. The molecule has 7 nitrogen and oxygen atoms in total. The Labute approximate surface area is 144 Å². The van der Waals surface area contributed by atoms with Gasteiger partial charge in [-0.2, -0.15) is 0 Å². The smallest absolute Gasteiger partial charge is 0.305 e. The molecule has 2 aromatic rings. The van der Waals surface area contributed by atoms with E-state index in [0.29, 0.717) is 30.0 Å². The molecule has 1 aromatic carbocycles. The normalized spacial score (nSPS) is 16.2. The second-order valence-electron chi connectivity index (χ2n) is 5.78. The van der Waals surface area contributed by atoms with Gasteiger partial charge in [0.2, 0.25) is 0 Å². The van der Waals surface area contributed by atoms with Crippen molar-refractivity contribution in [2.45, 2.75) is 18.9 Å². The Balaban J connectivity index is 2.04. The highest BCUT2D eigenvalue weighted by atomic mass is 16.5. The minimum absolute atomic E-state index is 0.188. The number of carboxylic acid groups (broad SMARTS) is 1. The average molecular weight is 345 g/mol. The summed E-state index contributed by atoms with van der Waals surface area (Å²) in [6.07, 6.45) is 3.21. The first-order valence-electron chi connectivity index (χ1n) is 7.85. The Bertz CT molecular complexity index is 783. The number of furan rings is 1. The number of aliphatic carboxylic acids is 1. The number of amides is 1. The van der Waals surface area contributed by atoms with Gasteiger partial charge in [-0.05, 0) is 35.7 Å². The zero-order valence-corrected chi connectivity index (χ0v) is 14.0. The number of nitrogens with zero attached hydrogens (tertiary/aromatic N) is 1. The zero-order valence-electron chi connectivity index (χ0n) is 14.0. The van der Waals surface area contributed by atoms with Crippen molar-refractivity contribution < 1.29 is 28.6 Å². The number of methoxy groups -OCH3 is 2. The molecule has 3 rings (SSSR count). The molecular weight excluding hydrogens is 326 g/mol. The minimum Gasteiger partial charge on any atom is -0.493 e. The summed E-state index contributed by atoms with van der Waals surface area (Å²) < 4.78 is 15.6. The van der Waals surface area contributed by atoms with Gasteiger partial charge in [0, 0.05) is 6.54 Å². The quantitative estimate of drug-likeness (QED) is 0.896. The van der Waals surface area contributed by atoms with E-state index in [1.807, 2.05) is 6.07 Å². The first-order chi connectivity index (χ1) is 12.0. The zero-order chi connectivity index (χ0) is 18.0. The van der Waals surface area contributed by atoms with Crippen LogP contribution < -0.4 is 9.47 Å². The minimum atomic E-state index is -0.974. The SMILES string of the molecule is COc1cc2c(cc1OC)[C@H](CC(=O)O)N(C(=O)c1ccoc1)CC2. The van der Waals surface area contributed by atoms with E-state index < -0.39 is 12.0 Å². The topological polar surface area (TPSA) is 89.2 Å². The van der Waals surface area contributed by atoms with Crippen molar-refractivity contribution in [3.05, 3.63) is 47.4 Å². The second-order valence-corrected chi connectivity index (χ2v) is 5.78. The molecule has 7 heteroatoms. The molecule has 0 aliphatic carbocycles. The standard InChI is InChI=1S/C18H19NO6/c1-23-15-7-11-3-5-19(18(22)12-4-6-25-10-12)14(9-17(20)21)13(11)8-16(15)24-2/h4,6-8,10,14H,3,5,9H2,1-2H3,(H,20,21)/t14-/m0/s1. The van der Waals surface area contributed by atoms with Crippen molar-refractivity contribution in [1.82, 2.24) is 4.90 Å².